The summed E-state index contributed by atoms with van der Waals surface area (Å²) in [7, 11) is 0. The van der Waals surface area contributed by atoms with Gasteiger partial charge in [-0.2, -0.15) is 0 Å². The van der Waals surface area contributed by atoms with Crippen molar-refractivity contribution in [2.75, 3.05) is 18.7 Å². The van der Waals surface area contributed by atoms with E-state index in [-0.39, 0.29) is 25.2 Å². The van der Waals surface area contributed by atoms with E-state index in [0.717, 1.165) is 16.1 Å². The van der Waals surface area contributed by atoms with E-state index in [1.807, 2.05) is 31.2 Å². The minimum Gasteiger partial charge on any atom is -0.454 e. The molecule has 0 aliphatic carbocycles. The lowest BCUT2D eigenvalue weighted by molar-refractivity contribution is -0.115. The topological polar surface area (TPSA) is 89.6 Å². The molecule has 1 aliphatic rings. The van der Waals surface area contributed by atoms with Crippen LogP contribution in [0, 0.1) is 6.92 Å². The van der Waals surface area contributed by atoms with Gasteiger partial charge in [0, 0.05) is 16.0 Å². The molecule has 2 heterocycles. The Morgan fingerprint density at radius 2 is 1.89 bits per heavy atom. The number of nitrogens with zero attached hydrogens (tertiary/aromatic N) is 1. The zero-order valence-corrected chi connectivity index (χ0v) is 15.8. The number of carbonyl (C=O) groups excluding carboxylic acids is 2. The van der Waals surface area contributed by atoms with Crippen LogP contribution in [0.4, 0.5) is 5.13 Å². The molecule has 0 radical (unpaired) electrons. The minimum absolute atomic E-state index is 0.133. The number of aromatic nitrogens is 1. The highest BCUT2D eigenvalue weighted by Crippen LogP contribution is 2.38. The lowest BCUT2D eigenvalue weighted by Crippen LogP contribution is -2.32. The van der Waals surface area contributed by atoms with Crippen LogP contribution >= 0.6 is 11.3 Å². The van der Waals surface area contributed by atoms with Crippen molar-refractivity contribution in [3.63, 3.8) is 0 Å². The van der Waals surface area contributed by atoms with Crippen LogP contribution in [0.15, 0.2) is 48.5 Å². The van der Waals surface area contributed by atoms with Gasteiger partial charge in [-0.25, -0.2) is 4.98 Å². The summed E-state index contributed by atoms with van der Waals surface area (Å²) in [5.74, 6) is 0.751. The van der Waals surface area contributed by atoms with Crippen LogP contribution in [-0.2, 0) is 4.79 Å². The Hall–Kier alpha value is -3.39. The maximum Gasteiger partial charge on any atom is 0.251 e. The van der Waals surface area contributed by atoms with Crippen molar-refractivity contribution in [2.24, 2.45) is 0 Å². The van der Waals surface area contributed by atoms with Gasteiger partial charge in [-0.05, 0) is 37.3 Å². The summed E-state index contributed by atoms with van der Waals surface area (Å²) < 4.78 is 10.7. The zero-order chi connectivity index (χ0) is 19.5. The predicted octanol–water partition coefficient (Wildman–Crippen LogP) is 3.22. The summed E-state index contributed by atoms with van der Waals surface area (Å²) >= 11 is 1.37. The number of hydrogen-bond donors (Lipinski definition) is 2. The number of nitrogens with one attached hydrogen (secondary N) is 2. The second-order valence-electron chi connectivity index (χ2n) is 6.09. The Bertz CT molecular complexity index is 1030. The van der Waals surface area contributed by atoms with Gasteiger partial charge in [-0.15, -0.1) is 11.3 Å². The summed E-state index contributed by atoms with van der Waals surface area (Å²) in [6.45, 7) is 2.01. The molecule has 2 aromatic carbocycles. The summed E-state index contributed by atoms with van der Waals surface area (Å²) in [4.78, 5) is 29.6. The van der Waals surface area contributed by atoms with Gasteiger partial charge in [-0.3, -0.25) is 9.59 Å². The summed E-state index contributed by atoms with van der Waals surface area (Å²) in [6.07, 6.45) is 0. The second kappa shape index (κ2) is 7.69. The second-order valence-corrected chi connectivity index (χ2v) is 7.29. The number of rotatable bonds is 5. The molecule has 0 spiro atoms. The highest BCUT2D eigenvalue weighted by atomic mass is 32.1. The first-order chi connectivity index (χ1) is 13.6. The Labute approximate surface area is 165 Å². The van der Waals surface area contributed by atoms with Crippen LogP contribution < -0.4 is 20.1 Å². The SMILES string of the molecule is Cc1sc(NC(=O)CNC(=O)c2ccccc2)nc1-c1ccc2c(c1)OCO2. The first-order valence-electron chi connectivity index (χ1n) is 8.61. The molecular weight excluding hydrogens is 378 g/mol. The number of amides is 2. The molecule has 8 heteroatoms. The minimum atomic E-state index is -0.338. The van der Waals surface area contributed by atoms with Crippen molar-refractivity contribution < 1.29 is 19.1 Å². The molecule has 7 nitrogen and oxygen atoms in total. The number of aryl methyl sites for hydroxylation is 1. The average Bonchev–Trinajstić information content (AvgIpc) is 3.32. The van der Waals surface area contributed by atoms with Crippen molar-refractivity contribution in [1.82, 2.24) is 10.3 Å². The summed E-state index contributed by atoms with van der Waals surface area (Å²) in [5.41, 5.74) is 2.16. The molecule has 3 aromatic rings. The van der Waals surface area contributed by atoms with Crippen molar-refractivity contribution in [1.29, 1.82) is 0 Å². The first kappa shape index (κ1) is 18.0. The van der Waals surface area contributed by atoms with Crippen LogP contribution in [0.1, 0.15) is 15.2 Å². The molecule has 142 valence electrons. The first-order valence-corrected chi connectivity index (χ1v) is 9.42. The summed E-state index contributed by atoms with van der Waals surface area (Å²) in [6, 6.07) is 14.4. The van der Waals surface area contributed by atoms with Crippen molar-refractivity contribution in [2.45, 2.75) is 6.92 Å². The summed E-state index contributed by atoms with van der Waals surface area (Å²) in [5, 5.41) is 5.80. The molecule has 0 atom stereocenters. The number of fused-ring (bicyclic) bond motifs is 1. The Morgan fingerprint density at radius 1 is 1.11 bits per heavy atom. The molecule has 2 amide bonds. The molecule has 0 unspecified atom stereocenters. The fourth-order valence-electron chi connectivity index (χ4n) is 2.78. The van der Waals surface area contributed by atoms with Crippen molar-refractivity contribution >= 4 is 28.3 Å². The standard InChI is InChI=1S/C20H17N3O4S/c1-12-18(14-7-8-15-16(9-14)27-11-26-15)23-20(28-12)22-17(24)10-21-19(25)13-5-3-2-4-6-13/h2-9H,10-11H2,1H3,(H,21,25)(H,22,23,24). The van der Waals surface area contributed by atoms with Crippen molar-refractivity contribution in [3.8, 4) is 22.8 Å². The quantitative estimate of drug-likeness (QED) is 0.692. The molecule has 4 rings (SSSR count). The zero-order valence-electron chi connectivity index (χ0n) is 15.0. The molecule has 2 N–H and O–H groups in total. The monoisotopic (exact) mass is 395 g/mol. The maximum atomic E-state index is 12.2. The third-order valence-corrected chi connectivity index (χ3v) is 5.02. The third kappa shape index (κ3) is 3.81. The molecule has 0 saturated heterocycles. The third-order valence-electron chi connectivity index (χ3n) is 4.13. The molecule has 0 saturated carbocycles. The molecule has 28 heavy (non-hydrogen) atoms. The molecule has 1 aromatic heterocycles. The average molecular weight is 395 g/mol. The lowest BCUT2D eigenvalue weighted by Gasteiger charge is -2.05. The number of benzene rings is 2. The highest BCUT2D eigenvalue weighted by molar-refractivity contribution is 7.16. The lowest BCUT2D eigenvalue weighted by atomic mass is 10.1. The predicted molar refractivity (Wildman–Crippen MR) is 106 cm³/mol. The number of thiazole rings is 1. The van der Waals surface area contributed by atoms with E-state index >= 15 is 0 Å². The van der Waals surface area contributed by atoms with E-state index in [4.69, 9.17) is 9.47 Å². The molecule has 1 aliphatic heterocycles. The Kier molecular flexibility index (Phi) is 4.94. The van der Waals surface area contributed by atoms with Gasteiger partial charge in [0.25, 0.3) is 5.91 Å². The molecule has 0 bridgehead atoms. The number of carbonyl (C=O) groups is 2. The normalized spacial score (nSPS) is 11.9. The fourth-order valence-corrected chi connectivity index (χ4v) is 3.63. The number of hydrogen-bond acceptors (Lipinski definition) is 6. The van der Waals surface area contributed by atoms with Gasteiger partial charge in [-0.1, -0.05) is 18.2 Å². The van der Waals surface area contributed by atoms with Crippen LogP contribution in [0.25, 0.3) is 11.3 Å². The maximum absolute atomic E-state index is 12.2. The van der Waals surface area contributed by atoms with Gasteiger partial charge in [0.2, 0.25) is 12.7 Å². The highest BCUT2D eigenvalue weighted by Gasteiger charge is 2.17. The van der Waals surface area contributed by atoms with Gasteiger partial charge >= 0.3 is 0 Å². The van der Waals surface area contributed by atoms with Crippen LogP contribution in [0.2, 0.25) is 0 Å². The Balaban J connectivity index is 1.40. The van der Waals surface area contributed by atoms with E-state index in [2.05, 4.69) is 15.6 Å². The van der Waals surface area contributed by atoms with Gasteiger partial charge in [0.15, 0.2) is 16.6 Å². The number of anilines is 1. The van der Waals surface area contributed by atoms with E-state index in [1.54, 1.807) is 24.3 Å². The van der Waals surface area contributed by atoms with E-state index in [9.17, 15) is 9.59 Å². The van der Waals surface area contributed by atoms with E-state index in [1.165, 1.54) is 11.3 Å². The van der Waals surface area contributed by atoms with Gasteiger partial charge in [0.05, 0.1) is 12.2 Å². The Morgan fingerprint density at radius 3 is 2.71 bits per heavy atom. The van der Waals surface area contributed by atoms with Crippen LogP contribution in [0.3, 0.4) is 0 Å². The molecular formula is C20H17N3O4S. The fraction of sp³-hybridized carbons (Fsp3) is 0.150. The number of ether oxygens (including phenoxy) is 2. The van der Waals surface area contributed by atoms with Gasteiger partial charge in [0.1, 0.15) is 0 Å². The van der Waals surface area contributed by atoms with E-state index < -0.39 is 0 Å². The van der Waals surface area contributed by atoms with Gasteiger partial charge < -0.3 is 20.1 Å². The van der Waals surface area contributed by atoms with Crippen molar-refractivity contribution in [3.05, 3.63) is 59.0 Å². The molecule has 0 fully saturated rings. The van der Waals surface area contributed by atoms with E-state index in [0.29, 0.717) is 22.2 Å². The smallest absolute Gasteiger partial charge is 0.251 e. The van der Waals surface area contributed by atoms with Crippen LogP contribution in [-0.4, -0.2) is 30.1 Å². The largest absolute Gasteiger partial charge is 0.454 e. The van der Waals surface area contributed by atoms with Crippen LogP contribution in [0.5, 0.6) is 11.5 Å².